The molecule has 2 fully saturated rings. The zero-order valence-corrected chi connectivity index (χ0v) is 17.3. The molecular weight excluding hydrogens is 362 g/mol. The van der Waals surface area contributed by atoms with Crippen LogP contribution in [-0.2, 0) is 11.3 Å². The molecule has 3 aliphatic heterocycles. The minimum atomic E-state index is -0.429. The summed E-state index contributed by atoms with van der Waals surface area (Å²) in [5.41, 5.74) is 3.29. The van der Waals surface area contributed by atoms with Gasteiger partial charge in [0, 0.05) is 35.3 Å². The summed E-state index contributed by atoms with van der Waals surface area (Å²) in [6.07, 6.45) is 3.52. The molecule has 0 bridgehead atoms. The van der Waals surface area contributed by atoms with Crippen molar-refractivity contribution in [1.82, 2.24) is 15.1 Å². The average Bonchev–Trinajstić information content (AvgIpc) is 3.04. The molecule has 2 amide bonds. The van der Waals surface area contributed by atoms with Crippen molar-refractivity contribution in [3.8, 4) is 11.8 Å². The molecule has 1 unspecified atom stereocenters. The summed E-state index contributed by atoms with van der Waals surface area (Å²) in [6.45, 7) is 11.0. The Hall–Kier alpha value is -2.58. The largest absolute Gasteiger partial charge is 0.329 e. The van der Waals surface area contributed by atoms with Crippen molar-refractivity contribution in [2.75, 3.05) is 13.1 Å². The highest BCUT2D eigenvalue weighted by molar-refractivity contribution is 6.02. The lowest BCUT2D eigenvalue weighted by Gasteiger charge is -2.32. The zero-order valence-electron chi connectivity index (χ0n) is 17.3. The maximum absolute atomic E-state index is 13.0. The van der Waals surface area contributed by atoms with Gasteiger partial charge in [-0.05, 0) is 70.3 Å². The van der Waals surface area contributed by atoms with Gasteiger partial charge in [0.15, 0.2) is 0 Å². The number of piperidine rings is 2. The fourth-order valence-electron chi connectivity index (χ4n) is 4.52. The Bertz CT molecular complexity index is 900. The second-order valence-corrected chi connectivity index (χ2v) is 8.59. The van der Waals surface area contributed by atoms with Crippen LogP contribution in [0.15, 0.2) is 30.5 Å². The number of likely N-dealkylation sites (tertiary alicyclic amines) is 1. The summed E-state index contributed by atoms with van der Waals surface area (Å²) in [4.78, 5) is 29.5. The maximum atomic E-state index is 13.0. The van der Waals surface area contributed by atoms with Crippen LogP contribution >= 0.6 is 0 Å². The molecule has 1 aromatic rings. The third-order valence-corrected chi connectivity index (χ3v) is 6.36. The third-order valence-electron chi connectivity index (χ3n) is 6.36. The summed E-state index contributed by atoms with van der Waals surface area (Å²) >= 11 is 0. The summed E-state index contributed by atoms with van der Waals surface area (Å²) in [6, 6.07) is 5.90. The van der Waals surface area contributed by atoms with E-state index in [4.69, 9.17) is 0 Å². The molecule has 1 N–H and O–H groups in total. The van der Waals surface area contributed by atoms with Crippen molar-refractivity contribution in [3.63, 3.8) is 0 Å². The lowest BCUT2D eigenvalue weighted by Crippen LogP contribution is -2.49. The van der Waals surface area contributed by atoms with E-state index in [1.54, 1.807) is 4.90 Å². The second-order valence-electron chi connectivity index (χ2n) is 8.59. The van der Waals surface area contributed by atoms with E-state index in [0.29, 0.717) is 36.9 Å². The van der Waals surface area contributed by atoms with Crippen LogP contribution in [0.2, 0.25) is 0 Å². The van der Waals surface area contributed by atoms with E-state index in [0.717, 1.165) is 42.8 Å². The van der Waals surface area contributed by atoms with Crippen LogP contribution in [0.4, 0.5) is 0 Å². The number of hydrogen-bond acceptors (Lipinski definition) is 3. The minimum Gasteiger partial charge on any atom is -0.329 e. The van der Waals surface area contributed by atoms with E-state index in [2.05, 4.69) is 42.5 Å². The first-order valence-corrected chi connectivity index (χ1v) is 10.6. The summed E-state index contributed by atoms with van der Waals surface area (Å²) < 4.78 is 0. The van der Waals surface area contributed by atoms with E-state index in [1.807, 2.05) is 18.2 Å². The molecule has 29 heavy (non-hydrogen) atoms. The molecule has 4 rings (SSSR count). The number of carbonyl (C=O) groups is 2. The molecule has 3 heterocycles. The van der Waals surface area contributed by atoms with E-state index in [1.165, 1.54) is 0 Å². The molecule has 0 aromatic heterocycles. The molecule has 0 saturated carbocycles. The lowest BCUT2D eigenvalue weighted by atomic mass is 9.95. The van der Waals surface area contributed by atoms with Gasteiger partial charge in [-0.1, -0.05) is 24.5 Å². The molecule has 5 heteroatoms. The number of hydrogen-bond donors (Lipinski definition) is 1. The van der Waals surface area contributed by atoms with Crippen LogP contribution in [0, 0.1) is 17.8 Å². The SMILES string of the molecule is C=C1CCC(N2Cc3c(C#CC4CCN(C(C)C)CC4)cccc3C2=O)C(=O)N1. The summed E-state index contributed by atoms with van der Waals surface area (Å²) in [5, 5.41) is 2.79. The van der Waals surface area contributed by atoms with Crippen molar-refractivity contribution >= 4 is 11.8 Å². The van der Waals surface area contributed by atoms with Gasteiger partial charge >= 0.3 is 0 Å². The van der Waals surface area contributed by atoms with Gasteiger partial charge in [-0.15, -0.1) is 0 Å². The highest BCUT2D eigenvalue weighted by Gasteiger charge is 2.38. The normalized spacial score (nSPS) is 23.1. The standard InChI is InChI=1S/C24H29N3O2/c1-16(2)26-13-11-18(12-14-26)8-9-19-5-4-6-20-21(19)15-27(24(20)29)22-10-7-17(3)25-23(22)28/h4-6,16,18,22H,3,7,10-15H2,1-2H3,(H,25,28). The number of rotatable bonds is 2. The zero-order chi connectivity index (χ0) is 20.5. The second kappa shape index (κ2) is 8.04. The van der Waals surface area contributed by atoms with Crippen LogP contribution in [-0.4, -0.2) is 46.8 Å². The summed E-state index contributed by atoms with van der Waals surface area (Å²) in [5.74, 6) is 7.02. The van der Waals surface area contributed by atoms with Crippen LogP contribution < -0.4 is 5.32 Å². The van der Waals surface area contributed by atoms with Gasteiger partial charge in [-0.2, -0.15) is 0 Å². The molecule has 5 nitrogen and oxygen atoms in total. The first-order chi connectivity index (χ1) is 13.9. The van der Waals surface area contributed by atoms with Crippen molar-refractivity contribution in [2.24, 2.45) is 5.92 Å². The van der Waals surface area contributed by atoms with Crippen molar-refractivity contribution < 1.29 is 9.59 Å². The van der Waals surface area contributed by atoms with Gasteiger partial charge < -0.3 is 15.1 Å². The number of allylic oxidation sites excluding steroid dienone is 1. The van der Waals surface area contributed by atoms with Crippen LogP contribution in [0.3, 0.4) is 0 Å². The number of nitrogens with one attached hydrogen (secondary N) is 1. The fraction of sp³-hybridized carbons (Fsp3) is 0.500. The predicted octanol–water partition coefficient (Wildman–Crippen LogP) is 2.91. The van der Waals surface area contributed by atoms with Crippen LogP contribution in [0.1, 0.15) is 61.0 Å². The number of carbonyl (C=O) groups excluding carboxylic acids is 2. The molecule has 3 aliphatic rings. The topological polar surface area (TPSA) is 52.7 Å². The first-order valence-electron chi connectivity index (χ1n) is 10.6. The van der Waals surface area contributed by atoms with Gasteiger partial charge in [-0.25, -0.2) is 0 Å². The van der Waals surface area contributed by atoms with Crippen LogP contribution in [0.5, 0.6) is 0 Å². The van der Waals surface area contributed by atoms with Crippen LogP contribution in [0.25, 0.3) is 0 Å². The molecule has 1 atom stereocenters. The molecule has 152 valence electrons. The Morgan fingerprint density at radius 1 is 1.17 bits per heavy atom. The number of benzene rings is 1. The van der Waals surface area contributed by atoms with Crippen molar-refractivity contribution in [1.29, 1.82) is 0 Å². The molecule has 0 radical (unpaired) electrons. The van der Waals surface area contributed by atoms with Crippen molar-refractivity contribution in [3.05, 3.63) is 47.2 Å². The Kier molecular flexibility index (Phi) is 5.47. The monoisotopic (exact) mass is 391 g/mol. The Labute approximate surface area is 173 Å². The van der Waals surface area contributed by atoms with E-state index in [9.17, 15) is 9.59 Å². The molecule has 0 spiro atoms. The molecule has 1 aromatic carbocycles. The fourth-order valence-corrected chi connectivity index (χ4v) is 4.52. The first kappa shape index (κ1) is 19.7. The number of nitrogens with zero attached hydrogens (tertiary/aromatic N) is 2. The van der Waals surface area contributed by atoms with Gasteiger partial charge in [0.1, 0.15) is 6.04 Å². The number of fused-ring (bicyclic) bond motifs is 1. The number of amides is 2. The Morgan fingerprint density at radius 2 is 1.93 bits per heavy atom. The smallest absolute Gasteiger partial charge is 0.255 e. The van der Waals surface area contributed by atoms with Gasteiger partial charge in [0.2, 0.25) is 5.91 Å². The van der Waals surface area contributed by atoms with E-state index < -0.39 is 6.04 Å². The Morgan fingerprint density at radius 3 is 2.62 bits per heavy atom. The molecule has 0 aliphatic carbocycles. The third kappa shape index (κ3) is 3.95. The average molecular weight is 392 g/mol. The molecule has 2 saturated heterocycles. The predicted molar refractivity (Wildman–Crippen MR) is 113 cm³/mol. The quantitative estimate of drug-likeness (QED) is 0.789. The van der Waals surface area contributed by atoms with E-state index in [-0.39, 0.29) is 11.8 Å². The lowest BCUT2D eigenvalue weighted by molar-refractivity contribution is -0.126. The van der Waals surface area contributed by atoms with Crippen molar-refractivity contribution in [2.45, 2.75) is 58.2 Å². The Balaban J connectivity index is 1.50. The minimum absolute atomic E-state index is 0.0680. The van der Waals surface area contributed by atoms with Gasteiger partial charge in [0.25, 0.3) is 5.91 Å². The molecular formula is C24H29N3O2. The summed E-state index contributed by atoms with van der Waals surface area (Å²) in [7, 11) is 0. The van der Waals surface area contributed by atoms with Gasteiger partial charge in [-0.3, -0.25) is 9.59 Å². The maximum Gasteiger partial charge on any atom is 0.255 e. The highest BCUT2D eigenvalue weighted by atomic mass is 16.2. The van der Waals surface area contributed by atoms with E-state index >= 15 is 0 Å². The van der Waals surface area contributed by atoms with Gasteiger partial charge in [0.05, 0.1) is 0 Å². The highest BCUT2D eigenvalue weighted by Crippen LogP contribution is 2.30.